The maximum absolute atomic E-state index is 13.2. The van der Waals surface area contributed by atoms with E-state index in [0.29, 0.717) is 10.8 Å². The summed E-state index contributed by atoms with van der Waals surface area (Å²) in [5.41, 5.74) is 0.166. The van der Waals surface area contributed by atoms with Crippen LogP contribution in [0.3, 0.4) is 0 Å². The van der Waals surface area contributed by atoms with Gasteiger partial charge in [-0.2, -0.15) is 4.39 Å². The zero-order valence-electron chi connectivity index (χ0n) is 12.0. The van der Waals surface area contributed by atoms with Crippen LogP contribution in [0.2, 0.25) is 5.02 Å². The lowest BCUT2D eigenvalue weighted by Crippen LogP contribution is -2.20. The standard InChI is InChI=1S/C15H12ClFN2O4/c1-9-6-10(16)2-5-14(9)23-8-15(20)18-11-3-4-12(17)13(7-11)19(21)22/h2-7H,8H2,1H3,(H,18,20). The van der Waals surface area contributed by atoms with Crippen molar-refractivity contribution in [1.82, 2.24) is 0 Å². The maximum atomic E-state index is 13.2. The average Bonchev–Trinajstić information content (AvgIpc) is 2.48. The molecule has 0 unspecified atom stereocenters. The van der Waals surface area contributed by atoms with Gasteiger partial charge in [-0.25, -0.2) is 0 Å². The highest BCUT2D eigenvalue weighted by molar-refractivity contribution is 6.30. The Morgan fingerprint density at radius 1 is 1.35 bits per heavy atom. The van der Waals surface area contributed by atoms with Gasteiger partial charge in [-0.05, 0) is 42.8 Å². The molecule has 0 aliphatic carbocycles. The van der Waals surface area contributed by atoms with Crippen molar-refractivity contribution in [1.29, 1.82) is 0 Å². The van der Waals surface area contributed by atoms with E-state index in [1.165, 1.54) is 6.07 Å². The SMILES string of the molecule is Cc1cc(Cl)ccc1OCC(=O)Nc1ccc(F)c([N+](=O)[O-])c1. The first-order chi connectivity index (χ1) is 10.9. The number of benzene rings is 2. The van der Waals surface area contributed by atoms with Crippen LogP contribution in [0.1, 0.15) is 5.56 Å². The van der Waals surface area contributed by atoms with Crippen LogP contribution in [0.25, 0.3) is 0 Å². The van der Waals surface area contributed by atoms with Gasteiger partial charge in [0.05, 0.1) is 4.92 Å². The Bertz CT molecular complexity index is 767. The number of nitrogens with one attached hydrogen (secondary N) is 1. The number of hydrogen-bond donors (Lipinski definition) is 1. The molecule has 0 atom stereocenters. The Morgan fingerprint density at radius 2 is 2.09 bits per heavy atom. The number of hydrogen-bond acceptors (Lipinski definition) is 4. The molecule has 0 aliphatic rings. The molecule has 0 radical (unpaired) electrons. The van der Waals surface area contributed by atoms with Crippen LogP contribution in [0, 0.1) is 22.9 Å². The first-order valence-electron chi connectivity index (χ1n) is 6.49. The third kappa shape index (κ3) is 4.40. The van der Waals surface area contributed by atoms with E-state index < -0.39 is 22.3 Å². The van der Waals surface area contributed by atoms with Gasteiger partial charge >= 0.3 is 5.69 Å². The van der Waals surface area contributed by atoms with Gasteiger partial charge in [0.1, 0.15) is 5.75 Å². The van der Waals surface area contributed by atoms with Gasteiger partial charge in [0.2, 0.25) is 5.82 Å². The molecule has 0 aromatic heterocycles. The first kappa shape index (κ1) is 16.7. The predicted octanol–water partition coefficient (Wildman–Crippen LogP) is 3.71. The van der Waals surface area contributed by atoms with E-state index in [9.17, 15) is 19.3 Å². The number of aryl methyl sites for hydroxylation is 1. The van der Waals surface area contributed by atoms with Crippen molar-refractivity contribution >= 4 is 28.9 Å². The molecule has 1 amide bonds. The van der Waals surface area contributed by atoms with Gasteiger partial charge in [0, 0.05) is 16.8 Å². The second kappa shape index (κ2) is 7.06. The van der Waals surface area contributed by atoms with Gasteiger partial charge in [-0.15, -0.1) is 0 Å². The van der Waals surface area contributed by atoms with Gasteiger partial charge < -0.3 is 10.1 Å². The van der Waals surface area contributed by atoms with Gasteiger partial charge in [-0.3, -0.25) is 14.9 Å². The highest BCUT2D eigenvalue weighted by Crippen LogP contribution is 2.23. The Labute approximate surface area is 136 Å². The molecule has 23 heavy (non-hydrogen) atoms. The zero-order chi connectivity index (χ0) is 17.0. The van der Waals surface area contributed by atoms with Crippen LogP contribution in [0.15, 0.2) is 36.4 Å². The lowest BCUT2D eigenvalue weighted by molar-refractivity contribution is -0.387. The molecule has 2 rings (SSSR count). The number of nitrogens with zero attached hydrogens (tertiary/aromatic N) is 1. The van der Waals surface area contributed by atoms with Crippen molar-refractivity contribution in [2.24, 2.45) is 0 Å². The van der Waals surface area contributed by atoms with Crippen molar-refractivity contribution < 1.29 is 18.8 Å². The summed E-state index contributed by atoms with van der Waals surface area (Å²) in [7, 11) is 0. The summed E-state index contributed by atoms with van der Waals surface area (Å²) < 4.78 is 18.6. The minimum absolute atomic E-state index is 0.111. The molecule has 2 aromatic rings. The van der Waals surface area contributed by atoms with Crippen LogP contribution in [-0.4, -0.2) is 17.4 Å². The molecule has 0 fully saturated rings. The molecule has 0 bridgehead atoms. The molecular formula is C15H12ClFN2O4. The Morgan fingerprint density at radius 3 is 2.74 bits per heavy atom. The minimum Gasteiger partial charge on any atom is -0.483 e. The lowest BCUT2D eigenvalue weighted by Gasteiger charge is -2.10. The number of nitro groups is 1. The first-order valence-corrected chi connectivity index (χ1v) is 6.87. The second-order valence-corrected chi connectivity index (χ2v) is 5.11. The number of halogens is 2. The molecule has 8 heteroatoms. The van der Waals surface area contributed by atoms with Crippen LogP contribution >= 0.6 is 11.6 Å². The minimum atomic E-state index is -0.971. The lowest BCUT2D eigenvalue weighted by atomic mass is 10.2. The van der Waals surface area contributed by atoms with Crippen molar-refractivity contribution in [2.75, 3.05) is 11.9 Å². The highest BCUT2D eigenvalue weighted by Gasteiger charge is 2.15. The van der Waals surface area contributed by atoms with E-state index in [1.54, 1.807) is 25.1 Å². The molecule has 0 spiro atoms. The highest BCUT2D eigenvalue weighted by atomic mass is 35.5. The molecule has 0 heterocycles. The van der Waals surface area contributed by atoms with Crippen LogP contribution < -0.4 is 10.1 Å². The smallest absolute Gasteiger partial charge is 0.306 e. The van der Waals surface area contributed by atoms with Crippen LogP contribution in [0.5, 0.6) is 5.75 Å². The van der Waals surface area contributed by atoms with Gasteiger partial charge in [0.15, 0.2) is 6.61 Å². The largest absolute Gasteiger partial charge is 0.483 e. The van der Waals surface area contributed by atoms with Crippen molar-refractivity contribution in [2.45, 2.75) is 6.92 Å². The fourth-order valence-electron chi connectivity index (χ4n) is 1.85. The summed E-state index contributed by atoms with van der Waals surface area (Å²) in [5, 5.41) is 13.6. The molecule has 1 N–H and O–H groups in total. The molecule has 6 nitrogen and oxygen atoms in total. The molecule has 2 aromatic carbocycles. The number of rotatable bonds is 5. The van der Waals surface area contributed by atoms with Crippen molar-refractivity contribution in [3.05, 3.63) is 62.9 Å². The molecule has 0 saturated carbocycles. The summed E-state index contributed by atoms with van der Waals surface area (Å²) in [6.45, 7) is 1.48. The number of carbonyl (C=O) groups is 1. The average molecular weight is 339 g/mol. The Kier molecular flexibility index (Phi) is 5.13. The van der Waals surface area contributed by atoms with Crippen LogP contribution in [-0.2, 0) is 4.79 Å². The predicted molar refractivity (Wildman–Crippen MR) is 83.4 cm³/mol. The number of nitro benzene ring substituents is 1. The Balaban J connectivity index is 2.00. The zero-order valence-corrected chi connectivity index (χ0v) is 12.8. The maximum Gasteiger partial charge on any atom is 0.306 e. The third-order valence-corrected chi connectivity index (χ3v) is 3.16. The fourth-order valence-corrected chi connectivity index (χ4v) is 2.07. The summed E-state index contributed by atoms with van der Waals surface area (Å²) >= 11 is 5.82. The quantitative estimate of drug-likeness (QED) is 0.665. The Hall–Kier alpha value is -2.67. The number of carbonyl (C=O) groups excluding carboxylic acids is 1. The number of ether oxygens (including phenoxy) is 1. The van der Waals surface area contributed by atoms with E-state index in [2.05, 4.69) is 5.32 Å². The van der Waals surface area contributed by atoms with Crippen molar-refractivity contribution in [3.63, 3.8) is 0 Å². The van der Waals surface area contributed by atoms with E-state index in [-0.39, 0.29) is 12.3 Å². The molecular weight excluding hydrogens is 327 g/mol. The second-order valence-electron chi connectivity index (χ2n) is 4.67. The molecule has 120 valence electrons. The topological polar surface area (TPSA) is 81.5 Å². The molecule has 0 aliphatic heterocycles. The van der Waals surface area contributed by atoms with E-state index in [4.69, 9.17) is 16.3 Å². The van der Waals surface area contributed by atoms with Gasteiger partial charge in [0.25, 0.3) is 5.91 Å². The molecule has 0 saturated heterocycles. The summed E-state index contributed by atoms with van der Waals surface area (Å²) in [5.74, 6) is -1.00. The monoisotopic (exact) mass is 338 g/mol. The number of amides is 1. The summed E-state index contributed by atoms with van der Waals surface area (Å²) in [4.78, 5) is 21.6. The fraction of sp³-hybridized carbons (Fsp3) is 0.133. The van der Waals surface area contributed by atoms with Gasteiger partial charge in [-0.1, -0.05) is 11.6 Å². The number of anilines is 1. The van der Waals surface area contributed by atoms with Crippen molar-refractivity contribution in [3.8, 4) is 5.75 Å². The third-order valence-electron chi connectivity index (χ3n) is 2.92. The van der Waals surface area contributed by atoms with E-state index in [0.717, 1.165) is 17.7 Å². The van der Waals surface area contributed by atoms with Crippen LogP contribution in [0.4, 0.5) is 15.8 Å². The summed E-state index contributed by atoms with van der Waals surface area (Å²) in [6.07, 6.45) is 0. The van der Waals surface area contributed by atoms with E-state index >= 15 is 0 Å². The van der Waals surface area contributed by atoms with E-state index in [1.807, 2.05) is 0 Å². The summed E-state index contributed by atoms with van der Waals surface area (Å²) in [6, 6.07) is 8.05. The normalized spacial score (nSPS) is 10.2.